The van der Waals surface area contributed by atoms with Crippen molar-refractivity contribution in [1.29, 1.82) is 0 Å². The number of carbonyl (C=O) groups excluding carboxylic acids is 1. The standard InChI is InChI=1S/C7H15N.C4H9NO/c1-7(2)4-5-8(3)6-7;1-3-5-4(2)6/h4-6H2,1-3H3;3H2,1-2H3,(H,5,6). The average Bonchev–Trinajstić information content (AvgIpc) is 2.29. The maximum absolute atomic E-state index is 9.93. The minimum atomic E-state index is 0.0394. The summed E-state index contributed by atoms with van der Waals surface area (Å²) in [4.78, 5) is 12.3. The lowest BCUT2D eigenvalue weighted by molar-refractivity contribution is -0.118. The van der Waals surface area contributed by atoms with E-state index in [4.69, 9.17) is 0 Å². The number of amides is 1. The number of nitrogens with zero attached hydrogens (tertiary/aromatic N) is 1. The topological polar surface area (TPSA) is 32.3 Å². The Morgan fingerprint density at radius 1 is 1.50 bits per heavy atom. The predicted octanol–water partition coefficient (Wildman–Crippen LogP) is 1.49. The molecule has 1 rings (SSSR count). The van der Waals surface area contributed by atoms with Gasteiger partial charge in [-0.1, -0.05) is 13.8 Å². The van der Waals surface area contributed by atoms with Crippen LogP contribution in [0.15, 0.2) is 0 Å². The molecular formula is C11H24N2O. The van der Waals surface area contributed by atoms with Crippen LogP contribution in [0.25, 0.3) is 0 Å². The van der Waals surface area contributed by atoms with Gasteiger partial charge >= 0.3 is 0 Å². The lowest BCUT2D eigenvalue weighted by Crippen LogP contribution is -2.18. The van der Waals surface area contributed by atoms with Crippen LogP contribution in [0, 0.1) is 5.41 Å². The zero-order valence-electron chi connectivity index (χ0n) is 10.2. The van der Waals surface area contributed by atoms with Gasteiger partial charge < -0.3 is 10.2 Å². The van der Waals surface area contributed by atoms with E-state index in [9.17, 15) is 4.79 Å². The third kappa shape index (κ3) is 6.89. The van der Waals surface area contributed by atoms with Gasteiger partial charge in [0.05, 0.1) is 0 Å². The van der Waals surface area contributed by atoms with Crippen molar-refractivity contribution in [2.45, 2.75) is 34.1 Å². The Balaban J connectivity index is 0.000000255. The summed E-state index contributed by atoms with van der Waals surface area (Å²) in [5.41, 5.74) is 0.592. The largest absolute Gasteiger partial charge is 0.357 e. The van der Waals surface area contributed by atoms with E-state index in [0.29, 0.717) is 5.41 Å². The fraction of sp³-hybridized carbons (Fsp3) is 0.909. The third-order valence-corrected chi connectivity index (χ3v) is 2.29. The molecule has 1 fully saturated rings. The summed E-state index contributed by atoms with van der Waals surface area (Å²) in [6.45, 7) is 11.3. The summed E-state index contributed by atoms with van der Waals surface area (Å²) in [6.07, 6.45) is 1.36. The monoisotopic (exact) mass is 200 g/mol. The van der Waals surface area contributed by atoms with Crippen LogP contribution in [0.4, 0.5) is 0 Å². The molecule has 1 N–H and O–H groups in total. The van der Waals surface area contributed by atoms with Crippen LogP contribution in [0.2, 0.25) is 0 Å². The Labute approximate surface area is 87.9 Å². The van der Waals surface area contributed by atoms with Crippen molar-refractivity contribution in [1.82, 2.24) is 10.2 Å². The number of likely N-dealkylation sites (tertiary alicyclic amines) is 1. The van der Waals surface area contributed by atoms with Gasteiger partial charge in [0.15, 0.2) is 0 Å². The Kier molecular flexibility index (Phi) is 5.77. The number of carbonyl (C=O) groups is 1. The molecular weight excluding hydrogens is 176 g/mol. The normalized spacial score (nSPS) is 19.8. The molecule has 3 heteroatoms. The number of rotatable bonds is 1. The number of nitrogens with one attached hydrogen (secondary N) is 1. The van der Waals surface area contributed by atoms with Crippen molar-refractivity contribution < 1.29 is 4.79 Å². The maximum atomic E-state index is 9.93. The summed E-state index contributed by atoms with van der Waals surface area (Å²) >= 11 is 0. The number of hydrogen-bond acceptors (Lipinski definition) is 2. The van der Waals surface area contributed by atoms with E-state index in [-0.39, 0.29) is 5.91 Å². The van der Waals surface area contributed by atoms with Crippen molar-refractivity contribution in [2.75, 3.05) is 26.7 Å². The Hall–Kier alpha value is -0.570. The van der Waals surface area contributed by atoms with Crippen molar-refractivity contribution in [3.63, 3.8) is 0 Å². The van der Waals surface area contributed by atoms with E-state index in [0.717, 1.165) is 6.54 Å². The molecule has 0 aromatic heterocycles. The summed E-state index contributed by atoms with van der Waals surface area (Å²) in [7, 11) is 2.19. The second-order valence-corrected chi connectivity index (χ2v) is 4.74. The quantitative estimate of drug-likeness (QED) is 0.695. The highest BCUT2D eigenvalue weighted by Crippen LogP contribution is 2.26. The van der Waals surface area contributed by atoms with Crippen LogP contribution >= 0.6 is 0 Å². The molecule has 0 spiro atoms. The first-order valence-corrected chi connectivity index (χ1v) is 5.30. The van der Waals surface area contributed by atoms with Crippen LogP contribution in [0.3, 0.4) is 0 Å². The molecule has 84 valence electrons. The van der Waals surface area contributed by atoms with Gasteiger partial charge in [0.1, 0.15) is 0 Å². The fourth-order valence-corrected chi connectivity index (χ4v) is 1.63. The molecule has 14 heavy (non-hydrogen) atoms. The van der Waals surface area contributed by atoms with Crippen molar-refractivity contribution >= 4 is 5.91 Å². The molecule has 1 aliphatic heterocycles. The smallest absolute Gasteiger partial charge is 0.216 e. The Bertz CT molecular complexity index is 178. The maximum Gasteiger partial charge on any atom is 0.216 e. The van der Waals surface area contributed by atoms with Crippen LogP contribution in [0.5, 0.6) is 0 Å². The van der Waals surface area contributed by atoms with E-state index < -0.39 is 0 Å². The molecule has 1 saturated heterocycles. The Morgan fingerprint density at radius 3 is 2.14 bits per heavy atom. The summed E-state index contributed by atoms with van der Waals surface area (Å²) in [6, 6.07) is 0. The highest BCUT2D eigenvalue weighted by molar-refractivity contribution is 5.72. The van der Waals surface area contributed by atoms with Gasteiger partial charge in [-0.25, -0.2) is 0 Å². The lowest BCUT2D eigenvalue weighted by Gasteiger charge is -2.15. The molecule has 0 aliphatic carbocycles. The first-order chi connectivity index (χ1) is 6.37. The molecule has 1 aliphatic rings. The first-order valence-electron chi connectivity index (χ1n) is 5.30. The average molecular weight is 200 g/mol. The molecule has 0 aromatic rings. The van der Waals surface area contributed by atoms with Crippen LogP contribution < -0.4 is 5.32 Å². The van der Waals surface area contributed by atoms with Gasteiger partial charge in [0.2, 0.25) is 5.91 Å². The van der Waals surface area contributed by atoms with E-state index in [1.54, 1.807) is 0 Å². The zero-order valence-corrected chi connectivity index (χ0v) is 10.2. The van der Waals surface area contributed by atoms with Crippen LogP contribution in [-0.2, 0) is 4.79 Å². The van der Waals surface area contributed by atoms with E-state index in [2.05, 4.69) is 31.1 Å². The lowest BCUT2D eigenvalue weighted by atomic mass is 9.93. The minimum Gasteiger partial charge on any atom is -0.357 e. The molecule has 0 unspecified atom stereocenters. The van der Waals surface area contributed by atoms with Crippen molar-refractivity contribution in [2.24, 2.45) is 5.41 Å². The summed E-state index contributed by atoms with van der Waals surface area (Å²) < 4.78 is 0. The molecule has 0 bridgehead atoms. The second kappa shape index (κ2) is 6.02. The Morgan fingerprint density at radius 2 is 2.07 bits per heavy atom. The van der Waals surface area contributed by atoms with Crippen molar-refractivity contribution in [3.8, 4) is 0 Å². The van der Waals surface area contributed by atoms with Crippen molar-refractivity contribution in [3.05, 3.63) is 0 Å². The van der Waals surface area contributed by atoms with Gasteiger partial charge in [0, 0.05) is 20.0 Å². The molecule has 0 saturated carbocycles. The molecule has 1 heterocycles. The van der Waals surface area contributed by atoms with Gasteiger partial charge in [-0.3, -0.25) is 4.79 Å². The molecule has 0 atom stereocenters. The highest BCUT2D eigenvalue weighted by Gasteiger charge is 2.26. The van der Waals surface area contributed by atoms with Gasteiger partial charge in [-0.15, -0.1) is 0 Å². The van der Waals surface area contributed by atoms with Gasteiger partial charge in [-0.05, 0) is 32.4 Å². The van der Waals surface area contributed by atoms with Gasteiger partial charge in [0.25, 0.3) is 0 Å². The van der Waals surface area contributed by atoms with E-state index in [1.807, 2.05) is 6.92 Å². The zero-order chi connectivity index (χ0) is 11.2. The van der Waals surface area contributed by atoms with Crippen LogP contribution in [-0.4, -0.2) is 37.5 Å². The molecule has 0 radical (unpaired) electrons. The molecule has 3 nitrogen and oxygen atoms in total. The molecule has 0 aromatic carbocycles. The number of hydrogen-bond donors (Lipinski definition) is 1. The summed E-state index contributed by atoms with van der Waals surface area (Å²) in [5.74, 6) is 0.0394. The van der Waals surface area contributed by atoms with E-state index in [1.165, 1.54) is 26.4 Å². The predicted molar refractivity (Wildman–Crippen MR) is 60.3 cm³/mol. The van der Waals surface area contributed by atoms with Crippen LogP contribution in [0.1, 0.15) is 34.1 Å². The second-order valence-electron chi connectivity index (χ2n) is 4.74. The molecule has 1 amide bonds. The van der Waals surface area contributed by atoms with Gasteiger partial charge in [-0.2, -0.15) is 0 Å². The minimum absolute atomic E-state index is 0.0394. The third-order valence-electron chi connectivity index (χ3n) is 2.29. The summed E-state index contributed by atoms with van der Waals surface area (Å²) in [5, 5.41) is 2.57. The fourth-order valence-electron chi connectivity index (χ4n) is 1.63. The first kappa shape index (κ1) is 13.4. The highest BCUT2D eigenvalue weighted by atomic mass is 16.1. The van der Waals surface area contributed by atoms with E-state index >= 15 is 0 Å². The SMILES string of the molecule is CCNC(C)=O.CN1CCC(C)(C)C1.